The van der Waals surface area contributed by atoms with E-state index in [4.69, 9.17) is 15.5 Å². The predicted octanol–water partition coefficient (Wildman–Crippen LogP) is 1.95. The van der Waals surface area contributed by atoms with E-state index in [1.807, 2.05) is 18.2 Å². The minimum Gasteiger partial charge on any atom is -0.380 e. The fraction of sp³-hybridized carbons (Fsp3) is 0. The van der Waals surface area contributed by atoms with Crippen LogP contribution in [0.15, 0.2) is 28.8 Å². The molecule has 0 bridgehead atoms. The summed E-state index contributed by atoms with van der Waals surface area (Å²) in [6.45, 7) is 0. The molecular formula is C10H7N3O. The summed E-state index contributed by atoms with van der Waals surface area (Å²) in [5, 5.41) is 12.8. The summed E-state index contributed by atoms with van der Waals surface area (Å²) < 4.78 is 4.94. The van der Waals surface area contributed by atoms with Crippen molar-refractivity contribution in [2.24, 2.45) is 0 Å². The average molecular weight is 185 g/mol. The van der Waals surface area contributed by atoms with Crippen molar-refractivity contribution in [2.45, 2.75) is 0 Å². The van der Waals surface area contributed by atoms with Gasteiger partial charge >= 0.3 is 0 Å². The quantitative estimate of drug-likeness (QED) is 0.689. The third-order valence-electron chi connectivity index (χ3n) is 1.87. The van der Waals surface area contributed by atoms with Gasteiger partial charge in [0, 0.05) is 6.08 Å². The standard InChI is InChI=1S/C10H7N3O/c11-5-1-2-7-3-4-9-8(6-7)10(12)13-14-9/h1-4,6H,(H2,12,13). The number of nitrogens with two attached hydrogens (primary N) is 1. The Bertz CT molecular complexity index is 534. The Morgan fingerprint density at radius 1 is 1.50 bits per heavy atom. The molecule has 0 fully saturated rings. The van der Waals surface area contributed by atoms with Gasteiger partial charge in [0.2, 0.25) is 0 Å². The lowest BCUT2D eigenvalue weighted by Gasteiger charge is -1.91. The maximum atomic E-state index is 8.36. The number of aromatic nitrogens is 1. The maximum absolute atomic E-state index is 8.36. The van der Waals surface area contributed by atoms with Crippen LogP contribution in [0.1, 0.15) is 5.56 Å². The first-order chi connectivity index (χ1) is 6.81. The Balaban J connectivity index is 2.56. The molecule has 0 saturated heterocycles. The Kier molecular flexibility index (Phi) is 1.92. The molecule has 0 unspecified atom stereocenters. The molecule has 2 aromatic rings. The van der Waals surface area contributed by atoms with Gasteiger partial charge in [0.1, 0.15) is 0 Å². The molecule has 2 rings (SSSR count). The highest BCUT2D eigenvalue weighted by molar-refractivity contribution is 5.88. The smallest absolute Gasteiger partial charge is 0.174 e. The highest BCUT2D eigenvalue weighted by Crippen LogP contribution is 2.21. The van der Waals surface area contributed by atoms with Gasteiger partial charge in [-0.3, -0.25) is 0 Å². The molecule has 0 aliphatic heterocycles. The number of allylic oxidation sites excluding steroid dienone is 1. The molecule has 68 valence electrons. The van der Waals surface area contributed by atoms with Crippen molar-refractivity contribution in [3.63, 3.8) is 0 Å². The lowest BCUT2D eigenvalue weighted by molar-refractivity contribution is 0.460. The van der Waals surface area contributed by atoms with E-state index in [2.05, 4.69) is 5.16 Å². The molecule has 1 aromatic heterocycles. The van der Waals surface area contributed by atoms with Crippen molar-refractivity contribution in [1.82, 2.24) is 5.16 Å². The Hall–Kier alpha value is -2.28. The number of nitrogen functional groups attached to an aromatic ring is 1. The maximum Gasteiger partial charge on any atom is 0.174 e. The Morgan fingerprint density at radius 3 is 3.14 bits per heavy atom. The highest BCUT2D eigenvalue weighted by Gasteiger charge is 2.03. The van der Waals surface area contributed by atoms with Crippen LogP contribution in [0.2, 0.25) is 0 Å². The van der Waals surface area contributed by atoms with Gasteiger partial charge < -0.3 is 10.3 Å². The average Bonchev–Trinajstić information content (AvgIpc) is 2.57. The van der Waals surface area contributed by atoms with E-state index in [1.54, 1.807) is 12.1 Å². The molecule has 0 aliphatic carbocycles. The summed E-state index contributed by atoms with van der Waals surface area (Å²) in [4.78, 5) is 0. The summed E-state index contributed by atoms with van der Waals surface area (Å²) >= 11 is 0. The van der Waals surface area contributed by atoms with E-state index >= 15 is 0 Å². The van der Waals surface area contributed by atoms with Crippen molar-refractivity contribution in [1.29, 1.82) is 5.26 Å². The van der Waals surface area contributed by atoms with Gasteiger partial charge in [-0.2, -0.15) is 5.26 Å². The van der Waals surface area contributed by atoms with Crippen LogP contribution < -0.4 is 5.73 Å². The zero-order valence-corrected chi connectivity index (χ0v) is 7.27. The zero-order valence-electron chi connectivity index (χ0n) is 7.27. The van der Waals surface area contributed by atoms with Gasteiger partial charge in [-0.1, -0.05) is 11.2 Å². The van der Waals surface area contributed by atoms with Gasteiger partial charge in [-0.05, 0) is 23.8 Å². The summed E-state index contributed by atoms with van der Waals surface area (Å²) in [6, 6.07) is 7.36. The Morgan fingerprint density at radius 2 is 2.36 bits per heavy atom. The van der Waals surface area contributed by atoms with Crippen LogP contribution in [0.4, 0.5) is 5.82 Å². The number of anilines is 1. The van der Waals surface area contributed by atoms with Crippen LogP contribution in [-0.2, 0) is 0 Å². The molecule has 0 radical (unpaired) electrons. The second-order valence-corrected chi connectivity index (χ2v) is 2.79. The fourth-order valence-electron chi connectivity index (χ4n) is 1.21. The Labute approximate surface area is 80.2 Å². The minimum absolute atomic E-state index is 0.368. The number of hydrogen-bond acceptors (Lipinski definition) is 4. The lowest BCUT2D eigenvalue weighted by Crippen LogP contribution is -1.83. The topological polar surface area (TPSA) is 75.8 Å². The molecular weight excluding hydrogens is 178 g/mol. The number of nitriles is 1. The van der Waals surface area contributed by atoms with Crippen LogP contribution in [0.3, 0.4) is 0 Å². The normalized spacial score (nSPS) is 10.8. The summed E-state index contributed by atoms with van der Waals surface area (Å²) in [6.07, 6.45) is 3.11. The number of hydrogen-bond donors (Lipinski definition) is 1. The lowest BCUT2D eigenvalue weighted by atomic mass is 10.1. The van der Waals surface area contributed by atoms with E-state index in [-0.39, 0.29) is 0 Å². The molecule has 4 heteroatoms. The second kappa shape index (κ2) is 3.23. The van der Waals surface area contributed by atoms with Gasteiger partial charge in [0.25, 0.3) is 0 Å². The molecule has 2 N–H and O–H groups in total. The number of benzene rings is 1. The first kappa shape index (κ1) is 8.32. The van der Waals surface area contributed by atoms with E-state index in [0.717, 1.165) is 10.9 Å². The van der Waals surface area contributed by atoms with Crippen molar-refractivity contribution in [3.05, 3.63) is 29.8 Å². The first-order valence-corrected chi connectivity index (χ1v) is 4.02. The van der Waals surface area contributed by atoms with Crippen LogP contribution in [0.25, 0.3) is 17.0 Å². The molecule has 0 saturated carbocycles. The van der Waals surface area contributed by atoms with Gasteiger partial charge in [-0.25, -0.2) is 0 Å². The van der Waals surface area contributed by atoms with Crippen molar-refractivity contribution >= 4 is 22.9 Å². The van der Waals surface area contributed by atoms with Gasteiger partial charge in [0.05, 0.1) is 11.5 Å². The van der Waals surface area contributed by atoms with E-state index < -0.39 is 0 Å². The van der Waals surface area contributed by atoms with Crippen LogP contribution in [0, 0.1) is 11.3 Å². The largest absolute Gasteiger partial charge is 0.380 e. The molecule has 1 aromatic carbocycles. The number of fused-ring (bicyclic) bond motifs is 1. The van der Waals surface area contributed by atoms with Crippen molar-refractivity contribution < 1.29 is 4.52 Å². The first-order valence-electron chi connectivity index (χ1n) is 4.02. The van der Waals surface area contributed by atoms with E-state index in [1.165, 1.54) is 6.08 Å². The van der Waals surface area contributed by atoms with Crippen LogP contribution in [0.5, 0.6) is 0 Å². The molecule has 1 heterocycles. The number of nitrogens with zero attached hydrogens (tertiary/aromatic N) is 2. The van der Waals surface area contributed by atoms with Crippen molar-refractivity contribution in [3.8, 4) is 6.07 Å². The molecule has 0 aliphatic rings. The van der Waals surface area contributed by atoms with Gasteiger partial charge in [0.15, 0.2) is 11.4 Å². The fourth-order valence-corrected chi connectivity index (χ4v) is 1.21. The number of rotatable bonds is 1. The van der Waals surface area contributed by atoms with Crippen LogP contribution in [-0.4, -0.2) is 5.16 Å². The summed E-state index contributed by atoms with van der Waals surface area (Å²) in [5.74, 6) is 0.368. The summed E-state index contributed by atoms with van der Waals surface area (Å²) in [7, 11) is 0. The monoisotopic (exact) mass is 185 g/mol. The van der Waals surface area contributed by atoms with E-state index in [9.17, 15) is 0 Å². The molecule has 0 spiro atoms. The highest BCUT2D eigenvalue weighted by atomic mass is 16.5. The second-order valence-electron chi connectivity index (χ2n) is 2.79. The third-order valence-corrected chi connectivity index (χ3v) is 1.87. The van der Waals surface area contributed by atoms with Crippen LogP contribution >= 0.6 is 0 Å². The predicted molar refractivity (Wildman–Crippen MR) is 53.1 cm³/mol. The molecule has 0 atom stereocenters. The summed E-state index contributed by atoms with van der Waals surface area (Å²) in [5.41, 5.74) is 7.13. The zero-order chi connectivity index (χ0) is 9.97. The molecule has 0 amide bonds. The molecule has 4 nitrogen and oxygen atoms in total. The SMILES string of the molecule is N#CC=Cc1ccc2onc(N)c2c1. The van der Waals surface area contributed by atoms with Crippen molar-refractivity contribution in [2.75, 3.05) is 5.73 Å². The van der Waals surface area contributed by atoms with Gasteiger partial charge in [-0.15, -0.1) is 0 Å². The van der Waals surface area contributed by atoms with E-state index in [0.29, 0.717) is 11.4 Å². The molecule has 14 heavy (non-hydrogen) atoms. The minimum atomic E-state index is 0.368. The third kappa shape index (κ3) is 1.31.